The molecule has 0 radical (unpaired) electrons. The molecule has 4 aliphatic carbocycles. The molecule has 0 amide bonds. The molecule has 4 fully saturated rings. The first-order valence-electron chi connectivity index (χ1n) is 12.6. The van der Waals surface area contributed by atoms with Gasteiger partial charge in [-0.25, -0.2) is 4.79 Å². The van der Waals surface area contributed by atoms with Crippen molar-refractivity contribution in [2.24, 2.45) is 40.4 Å². The Balaban J connectivity index is 1.29. The number of allylic oxidation sites excluding steroid dienone is 4. The van der Waals surface area contributed by atoms with Gasteiger partial charge in [-0.1, -0.05) is 31.2 Å². The number of fused-ring (bicyclic) bond motifs is 7. The van der Waals surface area contributed by atoms with Crippen molar-refractivity contribution < 1.29 is 19.1 Å². The number of hydrogen-bond acceptors (Lipinski definition) is 4. The Kier molecular flexibility index (Phi) is 4.36. The molecule has 0 aromatic carbocycles. The van der Waals surface area contributed by atoms with Crippen molar-refractivity contribution in [2.75, 3.05) is 6.61 Å². The van der Waals surface area contributed by atoms with Crippen LogP contribution >= 0.6 is 0 Å². The molecule has 2 saturated carbocycles. The second-order valence-corrected chi connectivity index (χ2v) is 12.1. The molecule has 0 N–H and O–H groups in total. The highest BCUT2D eigenvalue weighted by molar-refractivity contribution is 5.98. The topological polar surface area (TPSA) is 52.6 Å². The van der Waals surface area contributed by atoms with Gasteiger partial charge in [0, 0.05) is 12.3 Å². The molecule has 0 aromatic heterocycles. The van der Waals surface area contributed by atoms with E-state index >= 15 is 0 Å². The molecule has 2 bridgehead atoms. The van der Waals surface area contributed by atoms with E-state index in [1.54, 1.807) is 0 Å². The number of carbonyl (C=O) groups is 2. The molecule has 6 aliphatic rings. The Morgan fingerprint density at radius 3 is 2.56 bits per heavy atom. The summed E-state index contributed by atoms with van der Waals surface area (Å²) in [5, 5.41) is 0. The molecule has 4 heteroatoms. The minimum atomic E-state index is -0.568. The molecule has 2 aliphatic heterocycles. The van der Waals surface area contributed by atoms with E-state index in [9.17, 15) is 9.59 Å². The fourth-order valence-corrected chi connectivity index (χ4v) is 9.03. The summed E-state index contributed by atoms with van der Waals surface area (Å²) in [5.41, 5.74) is 1.18. The van der Waals surface area contributed by atoms with Crippen molar-refractivity contribution >= 4 is 11.8 Å². The standard InChI is InChI=1S/C28H36O4/c1-16-25(30)32-23-14-27(16,3)31-15-19(23)21-11-10-20-18-9-8-17-6-5-7-24(29)28(17,4)22(18)12-13-26(20,21)2/h5,7-8,18-23H,1,6,9-15H2,2-4H3/t18-,19-,20-,21+,22-,23?,26-,27+,28-/m0/s1. The van der Waals surface area contributed by atoms with Crippen LogP contribution in [0.3, 0.4) is 0 Å². The molecule has 4 nitrogen and oxygen atoms in total. The fourth-order valence-electron chi connectivity index (χ4n) is 9.03. The van der Waals surface area contributed by atoms with Crippen LogP contribution in [-0.4, -0.2) is 30.1 Å². The number of esters is 1. The monoisotopic (exact) mass is 436 g/mol. The predicted octanol–water partition coefficient (Wildman–Crippen LogP) is 5.19. The van der Waals surface area contributed by atoms with E-state index in [1.165, 1.54) is 18.4 Å². The number of hydrogen-bond donors (Lipinski definition) is 0. The molecule has 172 valence electrons. The van der Waals surface area contributed by atoms with Gasteiger partial charge < -0.3 is 9.47 Å². The Morgan fingerprint density at radius 2 is 1.78 bits per heavy atom. The molecular weight excluding hydrogens is 400 g/mol. The van der Waals surface area contributed by atoms with Gasteiger partial charge in [0.25, 0.3) is 0 Å². The highest BCUT2D eigenvalue weighted by Gasteiger charge is 2.62. The molecular formula is C28H36O4. The van der Waals surface area contributed by atoms with Gasteiger partial charge in [-0.2, -0.15) is 0 Å². The summed E-state index contributed by atoms with van der Waals surface area (Å²) in [6.07, 6.45) is 13.7. The van der Waals surface area contributed by atoms with Crippen molar-refractivity contribution in [3.8, 4) is 0 Å². The first-order chi connectivity index (χ1) is 15.2. The van der Waals surface area contributed by atoms with E-state index in [0.29, 0.717) is 41.6 Å². The van der Waals surface area contributed by atoms with Gasteiger partial charge in [-0.05, 0) is 87.5 Å². The van der Waals surface area contributed by atoms with Crippen LogP contribution in [0.25, 0.3) is 0 Å². The largest absolute Gasteiger partial charge is 0.458 e. The normalized spacial score (nSPS) is 52.0. The SMILES string of the molecule is C=C1C(=O)OC2C[C@@]1(C)OC[C@H]2[C@H]1CC[C@H]2[C@@H]3CC=C4CC=CC(=O)[C@]4(C)[C@H]3CC[C@]12C. The summed E-state index contributed by atoms with van der Waals surface area (Å²) in [4.78, 5) is 25.6. The third-order valence-electron chi connectivity index (χ3n) is 11.0. The second-order valence-electron chi connectivity index (χ2n) is 12.1. The van der Waals surface area contributed by atoms with Crippen LogP contribution in [0.5, 0.6) is 0 Å². The van der Waals surface area contributed by atoms with E-state index in [1.807, 2.05) is 19.1 Å². The van der Waals surface area contributed by atoms with E-state index < -0.39 is 5.60 Å². The fraction of sp³-hybridized carbons (Fsp3) is 0.714. The summed E-state index contributed by atoms with van der Waals surface area (Å²) in [5.74, 6) is 2.46. The summed E-state index contributed by atoms with van der Waals surface area (Å²) in [6, 6.07) is 0. The Morgan fingerprint density at radius 1 is 1.03 bits per heavy atom. The maximum Gasteiger partial charge on any atom is 0.336 e. The number of rotatable bonds is 1. The summed E-state index contributed by atoms with van der Waals surface area (Å²) in [7, 11) is 0. The quantitative estimate of drug-likeness (QED) is 0.323. The van der Waals surface area contributed by atoms with Gasteiger partial charge in [0.1, 0.15) is 11.7 Å². The molecule has 0 aromatic rings. The maximum absolute atomic E-state index is 13.1. The average molecular weight is 437 g/mol. The predicted molar refractivity (Wildman–Crippen MR) is 122 cm³/mol. The molecule has 32 heavy (non-hydrogen) atoms. The minimum absolute atomic E-state index is 0.0644. The van der Waals surface area contributed by atoms with Crippen molar-refractivity contribution in [3.05, 3.63) is 36.0 Å². The summed E-state index contributed by atoms with van der Waals surface area (Å²) in [6.45, 7) is 11.3. The van der Waals surface area contributed by atoms with Gasteiger partial charge in [0.15, 0.2) is 5.78 Å². The van der Waals surface area contributed by atoms with Gasteiger partial charge in [-0.15, -0.1) is 0 Å². The van der Waals surface area contributed by atoms with E-state index in [0.717, 1.165) is 32.1 Å². The van der Waals surface area contributed by atoms with Crippen LogP contribution in [0.2, 0.25) is 0 Å². The summed E-state index contributed by atoms with van der Waals surface area (Å²) >= 11 is 0. The molecule has 0 spiro atoms. The highest BCUT2D eigenvalue weighted by atomic mass is 16.6. The second kappa shape index (κ2) is 6.68. The third kappa shape index (κ3) is 2.53. The first-order valence-corrected chi connectivity index (χ1v) is 12.6. The highest BCUT2D eigenvalue weighted by Crippen LogP contribution is 2.67. The number of ketones is 1. The minimum Gasteiger partial charge on any atom is -0.458 e. The van der Waals surface area contributed by atoms with Crippen LogP contribution in [0.4, 0.5) is 0 Å². The van der Waals surface area contributed by atoms with Crippen LogP contribution in [0.15, 0.2) is 36.0 Å². The van der Waals surface area contributed by atoms with Crippen molar-refractivity contribution in [3.63, 3.8) is 0 Å². The zero-order valence-corrected chi connectivity index (χ0v) is 19.7. The van der Waals surface area contributed by atoms with Crippen molar-refractivity contribution in [1.82, 2.24) is 0 Å². The van der Waals surface area contributed by atoms with Crippen LogP contribution in [0, 0.1) is 40.4 Å². The maximum atomic E-state index is 13.1. The zero-order chi connectivity index (χ0) is 22.5. The molecule has 1 unspecified atom stereocenters. The molecule has 6 rings (SSSR count). The van der Waals surface area contributed by atoms with Crippen molar-refractivity contribution in [2.45, 2.75) is 77.4 Å². The van der Waals surface area contributed by atoms with Gasteiger partial charge in [-0.3, -0.25) is 4.79 Å². The number of ether oxygens (including phenoxy) is 2. The van der Waals surface area contributed by atoms with Crippen LogP contribution < -0.4 is 0 Å². The van der Waals surface area contributed by atoms with Crippen LogP contribution in [0.1, 0.15) is 65.7 Å². The van der Waals surface area contributed by atoms with Crippen molar-refractivity contribution in [1.29, 1.82) is 0 Å². The zero-order valence-electron chi connectivity index (χ0n) is 19.7. The Hall–Kier alpha value is -1.68. The molecule has 2 saturated heterocycles. The average Bonchev–Trinajstić information content (AvgIpc) is 3.10. The van der Waals surface area contributed by atoms with E-state index in [4.69, 9.17) is 9.47 Å². The Bertz CT molecular complexity index is 960. The van der Waals surface area contributed by atoms with E-state index in [2.05, 4.69) is 26.5 Å². The lowest BCUT2D eigenvalue weighted by Gasteiger charge is -2.57. The lowest BCUT2D eigenvalue weighted by Crippen LogP contribution is -2.57. The Labute approximate surface area is 191 Å². The van der Waals surface area contributed by atoms with Gasteiger partial charge in [0.05, 0.1) is 17.6 Å². The smallest absolute Gasteiger partial charge is 0.336 e. The van der Waals surface area contributed by atoms with Gasteiger partial charge >= 0.3 is 5.97 Å². The molecule has 2 heterocycles. The third-order valence-corrected chi connectivity index (χ3v) is 11.0. The van der Waals surface area contributed by atoms with Crippen LogP contribution in [-0.2, 0) is 19.1 Å². The lowest BCUT2D eigenvalue weighted by atomic mass is 9.47. The first kappa shape index (κ1) is 20.9. The number of carbonyl (C=O) groups excluding carboxylic acids is 2. The van der Waals surface area contributed by atoms with E-state index in [-0.39, 0.29) is 28.8 Å². The summed E-state index contributed by atoms with van der Waals surface area (Å²) < 4.78 is 12.2. The lowest BCUT2D eigenvalue weighted by molar-refractivity contribution is -0.200. The van der Waals surface area contributed by atoms with Gasteiger partial charge in [0.2, 0.25) is 0 Å². The molecule has 9 atom stereocenters.